The number of hydrogen-bond donors (Lipinski definition) is 0. The van der Waals surface area contributed by atoms with Gasteiger partial charge >= 0.3 is 0 Å². The van der Waals surface area contributed by atoms with Crippen LogP contribution in [0.1, 0.15) is 37.7 Å². The van der Waals surface area contributed by atoms with Gasteiger partial charge in [0.25, 0.3) is 0 Å². The molecule has 0 spiro atoms. The zero-order valence-electron chi connectivity index (χ0n) is 13.3. The van der Waals surface area contributed by atoms with Crippen LogP contribution < -0.4 is 0 Å². The third kappa shape index (κ3) is 5.45. The van der Waals surface area contributed by atoms with Crippen molar-refractivity contribution in [2.24, 2.45) is 4.99 Å². The molecule has 1 aliphatic rings. The molecule has 1 aliphatic carbocycles. The van der Waals surface area contributed by atoms with E-state index >= 15 is 0 Å². The van der Waals surface area contributed by atoms with Crippen molar-refractivity contribution in [1.82, 2.24) is 0 Å². The Morgan fingerprint density at radius 2 is 1.80 bits per heavy atom. The maximum Gasteiger partial charge on any atom is 0.108 e. The van der Waals surface area contributed by atoms with E-state index in [4.69, 9.17) is 4.99 Å². The summed E-state index contributed by atoms with van der Waals surface area (Å²) in [5, 5.41) is 0.799. The molecule has 0 aromatic heterocycles. The van der Waals surface area contributed by atoms with Crippen LogP contribution in [0.3, 0.4) is 0 Å². The van der Waals surface area contributed by atoms with E-state index in [1.807, 2.05) is 0 Å². The summed E-state index contributed by atoms with van der Waals surface area (Å²) in [5.74, 6) is 0. The molecule has 1 nitrogen and oxygen atoms in total. The molecular weight excluding hydrogens is 278 g/mol. The predicted octanol–water partition coefficient (Wildman–Crippen LogP) is 5.97. The van der Waals surface area contributed by atoms with Crippen molar-refractivity contribution in [3.63, 3.8) is 0 Å². The smallest absolute Gasteiger partial charge is 0.108 e. The molecule has 2 rings (SSSR count). The van der Waals surface area contributed by atoms with Gasteiger partial charge in [-0.25, -0.2) is 0 Å². The highest BCUT2D eigenvalue weighted by Gasteiger charge is 2.24. The molecule has 1 aromatic carbocycles. The van der Waals surface area contributed by atoms with Gasteiger partial charge < -0.3 is 0 Å². The highest BCUT2D eigenvalue weighted by Crippen LogP contribution is 2.33. The predicted molar refractivity (Wildman–Crippen MR) is 96.1 cm³/mol. The van der Waals surface area contributed by atoms with Crippen LogP contribution in [-0.2, 0) is 0 Å². The Labute approximate surface area is 128 Å². The lowest BCUT2D eigenvalue weighted by Crippen LogP contribution is -2.21. The second-order valence-corrected chi connectivity index (χ2v) is 16.3. The second kappa shape index (κ2) is 6.95. The number of aryl methyl sites for hydroxylation is 1. The number of aliphatic imine (C=N–C) groups is 1. The van der Waals surface area contributed by atoms with Crippen molar-refractivity contribution in [2.75, 3.05) is 0 Å². The van der Waals surface area contributed by atoms with Crippen LogP contribution >= 0.6 is 11.2 Å². The Kier molecular flexibility index (Phi) is 5.50. The summed E-state index contributed by atoms with van der Waals surface area (Å²) in [6, 6.07) is 8.61. The lowest BCUT2D eigenvalue weighted by Gasteiger charge is -2.23. The third-order valence-electron chi connectivity index (χ3n) is 3.55. The van der Waals surface area contributed by atoms with Crippen LogP contribution in [0.4, 0.5) is 5.69 Å². The Bertz CT molecular complexity index is 459. The lowest BCUT2D eigenvalue weighted by molar-refractivity contribution is 0.714. The summed E-state index contributed by atoms with van der Waals surface area (Å²) >= 11 is 2.27. The van der Waals surface area contributed by atoms with Crippen molar-refractivity contribution >= 4 is 29.8 Å². The zero-order valence-corrected chi connectivity index (χ0v) is 15.1. The van der Waals surface area contributed by atoms with E-state index in [1.54, 1.807) is 0 Å². The molecule has 1 fully saturated rings. The molecule has 1 unspecified atom stereocenters. The summed E-state index contributed by atoms with van der Waals surface area (Å²) in [6.45, 7) is 9.50. The van der Waals surface area contributed by atoms with Gasteiger partial charge in [-0.3, -0.25) is 4.99 Å². The molecule has 3 heteroatoms. The molecule has 0 bridgehead atoms. The highest BCUT2D eigenvalue weighted by molar-refractivity contribution is 8.29. The SMILES string of the molecule is Cc1ccc(/N=C2\CCCCC(S[Si](C)(C)C)C2)cc1. The molecular formula is C17H27NSSi. The Hall–Kier alpha value is -0.543. The Morgan fingerprint density at radius 3 is 2.45 bits per heavy atom. The van der Waals surface area contributed by atoms with Gasteiger partial charge in [-0.05, 0) is 44.7 Å². The first-order valence-electron chi connectivity index (χ1n) is 7.73. The largest absolute Gasteiger partial charge is 0.258 e. The second-order valence-electron chi connectivity index (χ2n) is 6.82. The van der Waals surface area contributed by atoms with Crippen molar-refractivity contribution in [3.8, 4) is 0 Å². The van der Waals surface area contributed by atoms with Crippen LogP contribution in [0.25, 0.3) is 0 Å². The van der Waals surface area contributed by atoms with Gasteiger partial charge in [0.2, 0.25) is 0 Å². The standard InChI is InChI=1S/C17H27NSSi/c1-14-9-11-15(12-10-14)18-16-7-5-6-8-17(13-16)19-20(2,3)4/h9-12,17H,5-8,13H2,1-4H3/b18-16+. The van der Waals surface area contributed by atoms with Crippen molar-refractivity contribution in [2.45, 2.75) is 63.9 Å². The summed E-state index contributed by atoms with van der Waals surface area (Å²) < 4.78 is 0. The fourth-order valence-electron chi connectivity index (χ4n) is 2.67. The Balaban J connectivity index is 2.08. The maximum atomic E-state index is 4.92. The highest BCUT2D eigenvalue weighted by atomic mass is 32.4. The molecule has 1 saturated carbocycles. The van der Waals surface area contributed by atoms with E-state index in [0.29, 0.717) is 0 Å². The average molecular weight is 306 g/mol. The molecule has 0 heterocycles. The third-order valence-corrected chi connectivity index (χ3v) is 8.11. The quantitative estimate of drug-likeness (QED) is 0.495. The van der Waals surface area contributed by atoms with E-state index in [9.17, 15) is 0 Å². The molecule has 0 aliphatic heterocycles. The number of nitrogens with zero attached hydrogens (tertiary/aromatic N) is 1. The summed E-state index contributed by atoms with van der Waals surface area (Å²) in [7, 11) is -1.03. The molecule has 20 heavy (non-hydrogen) atoms. The van der Waals surface area contributed by atoms with Gasteiger partial charge in [-0.1, -0.05) is 43.8 Å². The van der Waals surface area contributed by atoms with Crippen LogP contribution in [0.2, 0.25) is 19.6 Å². The van der Waals surface area contributed by atoms with Crippen molar-refractivity contribution < 1.29 is 0 Å². The molecule has 0 saturated heterocycles. The minimum Gasteiger partial charge on any atom is -0.258 e. The van der Waals surface area contributed by atoms with E-state index in [0.717, 1.165) is 10.9 Å². The van der Waals surface area contributed by atoms with Crippen LogP contribution in [0.5, 0.6) is 0 Å². The van der Waals surface area contributed by atoms with Gasteiger partial charge in [-0.2, -0.15) is 11.2 Å². The zero-order chi connectivity index (χ0) is 14.6. The van der Waals surface area contributed by atoms with Crippen molar-refractivity contribution in [1.29, 1.82) is 0 Å². The Morgan fingerprint density at radius 1 is 1.10 bits per heavy atom. The van der Waals surface area contributed by atoms with Gasteiger partial charge in [-0.15, -0.1) is 0 Å². The number of hydrogen-bond acceptors (Lipinski definition) is 2. The average Bonchev–Trinajstić information content (AvgIpc) is 2.55. The topological polar surface area (TPSA) is 12.4 Å². The van der Waals surface area contributed by atoms with Gasteiger partial charge in [0.15, 0.2) is 0 Å². The minimum absolute atomic E-state index is 0.799. The first-order chi connectivity index (χ1) is 9.42. The van der Waals surface area contributed by atoms with E-state index in [-0.39, 0.29) is 0 Å². The number of benzene rings is 1. The van der Waals surface area contributed by atoms with Gasteiger partial charge in [0.1, 0.15) is 7.22 Å². The first kappa shape index (κ1) is 15.8. The van der Waals surface area contributed by atoms with Crippen LogP contribution in [0, 0.1) is 6.92 Å². The lowest BCUT2D eigenvalue weighted by atomic mass is 10.1. The summed E-state index contributed by atoms with van der Waals surface area (Å²) in [6.07, 6.45) is 6.45. The van der Waals surface area contributed by atoms with Gasteiger partial charge in [0.05, 0.1) is 5.69 Å². The molecule has 0 amide bonds. The summed E-state index contributed by atoms with van der Waals surface area (Å²) in [5.41, 5.74) is 3.85. The molecule has 110 valence electrons. The molecule has 1 atom stereocenters. The monoisotopic (exact) mass is 305 g/mol. The molecule has 0 N–H and O–H groups in total. The van der Waals surface area contributed by atoms with Crippen molar-refractivity contribution in [3.05, 3.63) is 29.8 Å². The molecule has 1 aromatic rings. The normalized spacial score (nSPS) is 22.8. The number of rotatable bonds is 3. The molecule has 0 radical (unpaired) electrons. The first-order valence-corrected chi connectivity index (χ1v) is 12.8. The van der Waals surface area contributed by atoms with Gasteiger partial charge in [0, 0.05) is 11.0 Å². The fourth-order valence-corrected chi connectivity index (χ4v) is 7.84. The maximum absolute atomic E-state index is 4.92. The minimum atomic E-state index is -1.03. The van der Waals surface area contributed by atoms with Crippen LogP contribution in [0.15, 0.2) is 29.3 Å². The van der Waals surface area contributed by atoms with Crippen LogP contribution in [-0.4, -0.2) is 18.2 Å². The summed E-state index contributed by atoms with van der Waals surface area (Å²) in [4.78, 5) is 4.92. The van der Waals surface area contributed by atoms with E-state index < -0.39 is 7.22 Å². The fraction of sp³-hybridized carbons (Fsp3) is 0.588. The van der Waals surface area contributed by atoms with E-state index in [1.165, 1.54) is 43.4 Å². The van der Waals surface area contributed by atoms with E-state index in [2.05, 4.69) is 62.0 Å².